The third kappa shape index (κ3) is 1.49. The summed E-state index contributed by atoms with van der Waals surface area (Å²) in [7, 11) is 0. The van der Waals surface area contributed by atoms with Gasteiger partial charge in [-0.05, 0) is 12.8 Å². The monoisotopic (exact) mass is 123 g/mol. The highest BCUT2D eigenvalue weighted by atomic mass is 16.1. The van der Waals surface area contributed by atoms with Crippen LogP contribution >= 0.6 is 0 Å². The van der Waals surface area contributed by atoms with Crippen molar-refractivity contribution in [1.82, 2.24) is 0 Å². The van der Waals surface area contributed by atoms with E-state index in [4.69, 9.17) is 0 Å². The lowest BCUT2D eigenvalue weighted by Crippen LogP contribution is -2.10. The molecule has 0 unspecified atom stereocenters. The highest BCUT2D eigenvalue weighted by Gasteiger charge is 2.04. The van der Waals surface area contributed by atoms with Gasteiger partial charge in [0.1, 0.15) is 0 Å². The van der Waals surface area contributed by atoms with Gasteiger partial charge in [0, 0.05) is 13.1 Å². The van der Waals surface area contributed by atoms with Crippen LogP contribution in [-0.4, -0.2) is 11.5 Å². The van der Waals surface area contributed by atoms with Crippen LogP contribution in [0.4, 0.5) is 0 Å². The Labute approximate surface area is 54.3 Å². The first-order valence-corrected chi connectivity index (χ1v) is 3.03. The van der Waals surface area contributed by atoms with Crippen LogP contribution in [0.3, 0.4) is 0 Å². The molecule has 0 atom stereocenters. The maximum absolute atomic E-state index is 10.6. The fraction of sp³-hybridized carbons (Fsp3) is 0.429. The molecular formula is C7H9NO. The predicted molar refractivity (Wildman–Crippen MR) is 36.5 cm³/mol. The van der Waals surface area contributed by atoms with Crippen LogP contribution < -0.4 is 0 Å². The van der Waals surface area contributed by atoms with Crippen LogP contribution in [-0.2, 0) is 4.79 Å². The number of rotatable bonds is 1. The van der Waals surface area contributed by atoms with Gasteiger partial charge in [-0.1, -0.05) is 6.08 Å². The minimum Gasteiger partial charge on any atom is -0.293 e. The highest BCUT2D eigenvalue weighted by molar-refractivity contribution is 6.39. The average Bonchev–Trinajstić information content (AvgIpc) is 1.90. The summed E-state index contributed by atoms with van der Waals surface area (Å²) in [5.41, 5.74) is 0.706. The van der Waals surface area contributed by atoms with E-state index in [1.807, 2.05) is 6.08 Å². The van der Waals surface area contributed by atoms with Gasteiger partial charge in [-0.15, -0.1) is 0 Å². The molecule has 0 aromatic heterocycles. The Balaban J connectivity index is 2.68. The van der Waals surface area contributed by atoms with Gasteiger partial charge in [0.2, 0.25) is 0 Å². The number of Topliss-reactive ketones (excluding diaryl/α,β-unsaturated/α-hetero) is 1. The lowest BCUT2D eigenvalue weighted by molar-refractivity contribution is -0.111. The van der Waals surface area contributed by atoms with Gasteiger partial charge in [-0.3, -0.25) is 9.79 Å². The van der Waals surface area contributed by atoms with Crippen molar-refractivity contribution in [2.45, 2.75) is 19.8 Å². The fourth-order valence-corrected chi connectivity index (χ4v) is 0.769. The quantitative estimate of drug-likeness (QED) is 0.517. The zero-order valence-electron chi connectivity index (χ0n) is 5.42. The van der Waals surface area contributed by atoms with Gasteiger partial charge in [0.05, 0.1) is 5.71 Å². The largest absolute Gasteiger partial charge is 0.293 e. The number of allylic oxidation sites excluding steroid dienone is 1. The number of nitrogens with zero attached hydrogens (tertiary/aromatic N) is 1. The number of carbonyl (C=O) groups is 1. The molecule has 2 nitrogen and oxygen atoms in total. The van der Waals surface area contributed by atoms with Crippen molar-refractivity contribution in [2.24, 2.45) is 4.99 Å². The van der Waals surface area contributed by atoms with Gasteiger partial charge in [0.25, 0.3) is 0 Å². The van der Waals surface area contributed by atoms with Crippen LogP contribution in [0.15, 0.2) is 17.3 Å². The number of carbonyl (C=O) groups excluding carboxylic acids is 1. The molecule has 1 aliphatic heterocycles. The Kier molecular flexibility index (Phi) is 1.78. The van der Waals surface area contributed by atoms with E-state index in [2.05, 4.69) is 4.99 Å². The van der Waals surface area contributed by atoms with Gasteiger partial charge in [-0.25, -0.2) is 0 Å². The smallest absolute Gasteiger partial charge is 0.173 e. The molecule has 2 heteroatoms. The third-order valence-corrected chi connectivity index (χ3v) is 1.29. The Hall–Kier alpha value is -0.920. The maximum atomic E-state index is 10.6. The summed E-state index contributed by atoms with van der Waals surface area (Å²) in [5.74, 6) is 0.0966. The zero-order valence-corrected chi connectivity index (χ0v) is 5.42. The Morgan fingerprint density at radius 3 is 2.89 bits per heavy atom. The average molecular weight is 123 g/mol. The Morgan fingerprint density at radius 1 is 1.78 bits per heavy atom. The molecule has 0 aliphatic carbocycles. The molecule has 0 radical (unpaired) electrons. The second-order valence-electron chi connectivity index (χ2n) is 2.06. The first kappa shape index (κ1) is 6.20. The molecule has 0 N–H and O–H groups in total. The summed E-state index contributed by atoms with van der Waals surface area (Å²) in [6.45, 7) is 1.55. The van der Waals surface area contributed by atoms with Gasteiger partial charge in [0.15, 0.2) is 5.78 Å². The van der Waals surface area contributed by atoms with Crippen molar-refractivity contribution >= 4 is 11.5 Å². The first-order valence-electron chi connectivity index (χ1n) is 3.03. The summed E-state index contributed by atoms with van der Waals surface area (Å²) in [6.07, 6.45) is 5.43. The molecule has 0 spiro atoms. The maximum Gasteiger partial charge on any atom is 0.173 e. The molecule has 1 rings (SSSR count). The first-order chi connectivity index (χ1) is 4.30. The van der Waals surface area contributed by atoms with Crippen molar-refractivity contribution < 1.29 is 4.79 Å². The second kappa shape index (κ2) is 2.58. The van der Waals surface area contributed by atoms with E-state index in [0.717, 1.165) is 12.8 Å². The highest BCUT2D eigenvalue weighted by Crippen LogP contribution is 2.02. The van der Waals surface area contributed by atoms with E-state index in [0.29, 0.717) is 5.71 Å². The number of hydrogen-bond donors (Lipinski definition) is 0. The molecule has 0 fully saturated rings. The molecule has 0 saturated carbocycles. The zero-order chi connectivity index (χ0) is 6.69. The van der Waals surface area contributed by atoms with Crippen molar-refractivity contribution in [3.8, 4) is 0 Å². The molecule has 0 aromatic rings. The lowest BCUT2D eigenvalue weighted by atomic mass is 10.1. The molecule has 0 bridgehead atoms. The minimum atomic E-state index is 0.0966. The van der Waals surface area contributed by atoms with Crippen LogP contribution in [0.2, 0.25) is 0 Å². The molecular weight excluding hydrogens is 114 g/mol. The molecule has 9 heavy (non-hydrogen) atoms. The fourth-order valence-electron chi connectivity index (χ4n) is 0.769. The van der Waals surface area contributed by atoms with E-state index in [-0.39, 0.29) is 5.78 Å². The summed E-state index contributed by atoms with van der Waals surface area (Å²) in [4.78, 5) is 14.5. The molecule has 1 heterocycles. The predicted octanol–water partition coefficient (Wildman–Crippen LogP) is 1.32. The number of ketones is 1. The summed E-state index contributed by atoms with van der Waals surface area (Å²) >= 11 is 0. The van der Waals surface area contributed by atoms with Gasteiger partial charge < -0.3 is 0 Å². The molecule has 0 amide bonds. The van der Waals surface area contributed by atoms with Crippen LogP contribution in [0.25, 0.3) is 0 Å². The van der Waals surface area contributed by atoms with Gasteiger partial charge >= 0.3 is 0 Å². The van der Waals surface area contributed by atoms with E-state index in [1.165, 1.54) is 0 Å². The normalized spacial score (nSPS) is 17.2. The Bertz CT molecular complexity index is 179. The van der Waals surface area contributed by atoms with Crippen molar-refractivity contribution in [3.05, 3.63) is 12.3 Å². The summed E-state index contributed by atoms with van der Waals surface area (Å²) in [5, 5.41) is 0. The van der Waals surface area contributed by atoms with Crippen molar-refractivity contribution in [2.75, 3.05) is 0 Å². The SMILES string of the molecule is CC(=O)C1=NC=CCC1. The van der Waals surface area contributed by atoms with Gasteiger partial charge in [-0.2, -0.15) is 0 Å². The summed E-state index contributed by atoms with van der Waals surface area (Å²) in [6, 6.07) is 0. The number of hydrogen-bond acceptors (Lipinski definition) is 2. The van der Waals surface area contributed by atoms with Crippen LogP contribution in [0.1, 0.15) is 19.8 Å². The van der Waals surface area contributed by atoms with E-state index in [1.54, 1.807) is 13.1 Å². The third-order valence-electron chi connectivity index (χ3n) is 1.29. The van der Waals surface area contributed by atoms with Crippen LogP contribution in [0.5, 0.6) is 0 Å². The van der Waals surface area contributed by atoms with E-state index >= 15 is 0 Å². The number of aliphatic imine (C=N–C) groups is 1. The molecule has 0 saturated heterocycles. The van der Waals surface area contributed by atoms with Crippen molar-refractivity contribution in [1.29, 1.82) is 0 Å². The molecule has 48 valence electrons. The molecule has 1 aliphatic rings. The molecule has 0 aromatic carbocycles. The Morgan fingerprint density at radius 2 is 2.56 bits per heavy atom. The van der Waals surface area contributed by atoms with Crippen LogP contribution in [0, 0.1) is 0 Å². The topological polar surface area (TPSA) is 29.4 Å². The summed E-state index contributed by atoms with van der Waals surface area (Å²) < 4.78 is 0. The second-order valence-corrected chi connectivity index (χ2v) is 2.06. The van der Waals surface area contributed by atoms with Crippen molar-refractivity contribution in [3.63, 3.8) is 0 Å². The minimum absolute atomic E-state index is 0.0966. The standard InChI is InChI=1S/C7H9NO/c1-6(9)7-4-2-3-5-8-7/h3,5H,2,4H2,1H3. The lowest BCUT2D eigenvalue weighted by Gasteiger charge is -2.01. The van der Waals surface area contributed by atoms with E-state index < -0.39 is 0 Å². The van der Waals surface area contributed by atoms with E-state index in [9.17, 15) is 4.79 Å².